The molecule has 4 nitrogen and oxygen atoms in total. The Hall–Kier alpha value is -0.610. The first-order valence-corrected chi connectivity index (χ1v) is 3.42. The number of carbonyl (C=O) groups is 1. The van der Waals surface area contributed by atoms with Gasteiger partial charge < -0.3 is 14.6 Å². The van der Waals surface area contributed by atoms with E-state index in [-0.39, 0.29) is 12.6 Å². The second-order valence-corrected chi connectivity index (χ2v) is 1.62. The Bertz CT molecular complexity index is 78.5. The number of carbonyl (C=O) groups excluding carboxylic acids is 1. The average molecular weight is 164 g/mol. The number of aliphatic hydroxyl groups is 1. The summed E-state index contributed by atoms with van der Waals surface area (Å²) in [4.78, 5) is 9.59. The highest BCUT2D eigenvalue weighted by atomic mass is 16.5. The summed E-state index contributed by atoms with van der Waals surface area (Å²) in [5.74, 6) is -0.245. The van der Waals surface area contributed by atoms with Crippen molar-refractivity contribution in [2.45, 2.75) is 13.8 Å². The van der Waals surface area contributed by atoms with Crippen molar-refractivity contribution in [3.63, 3.8) is 0 Å². The maximum absolute atomic E-state index is 9.59. The molecule has 0 saturated heterocycles. The highest BCUT2D eigenvalue weighted by molar-refractivity contribution is 5.65. The number of rotatable bonds is 3. The fourth-order valence-electron chi connectivity index (χ4n) is 0.209. The average Bonchev–Trinajstić information content (AvgIpc) is 2.02. The van der Waals surface area contributed by atoms with Crippen LogP contribution in [-0.4, -0.2) is 38.0 Å². The molecule has 0 aromatic carbocycles. The second-order valence-electron chi connectivity index (χ2n) is 1.62. The van der Waals surface area contributed by atoms with Gasteiger partial charge in [0.1, 0.15) is 0 Å². The smallest absolute Gasteiger partial charge is 0.302 e. The number of ether oxygens (including phenoxy) is 2. The number of hydrogen-bond donors (Lipinski definition) is 1. The lowest BCUT2D eigenvalue weighted by Crippen LogP contribution is -1.96. The minimum atomic E-state index is -0.245. The molecule has 0 spiro atoms. The van der Waals surface area contributed by atoms with E-state index >= 15 is 0 Å². The topological polar surface area (TPSA) is 55.8 Å². The summed E-state index contributed by atoms with van der Waals surface area (Å²) in [5.41, 5.74) is 0. The lowest BCUT2D eigenvalue weighted by molar-refractivity contribution is -0.137. The maximum Gasteiger partial charge on any atom is 0.302 e. The monoisotopic (exact) mass is 164 g/mol. The molecule has 0 saturated carbocycles. The van der Waals surface area contributed by atoms with Crippen LogP contribution in [0.15, 0.2) is 0 Å². The van der Waals surface area contributed by atoms with Crippen LogP contribution in [0.4, 0.5) is 0 Å². The summed E-state index contributed by atoms with van der Waals surface area (Å²) in [6.07, 6.45) is 0. The molecule has 0 rings (SSSR count). The predicted molar refractivity (Wildman–Crippen MR) is 41.3 cm³/mol. The molecule has 68 valence electrons. The van der Waals surface area contributed by atoms with Gasteiger partial charge in [0, 0.05) is 13.5 Å². The van der Waals surface area contributed by atoms with Crippen LogP contribution in [0.5, 0.6) is 0 Å². The van der Waals surface area contributed by atoms with Crippen LogP contribution in [0.1, 0.15) is 13.8 Å². The van der Waals surface area contributed by atoms with Gasteiger partial charge in [0.25, 0.3) is 0 Å². The molecule has 0 unspecified atom stereocenters. The van der Waals surface area contributed by atoms with Crippen LogP contribution in [0.2, 0.25) is 0 Å². The summed E-state index contributed by atoms with van der Waals surface area (Å²) in [7, 11) is 1.35. The molecule has 0 atom stereocenters. The van der Waals surface area contributed by atoms with E-state index in [0.29, 0.717) is 13.2 Å². The van der Waals surface area contributed by atoms with Gasteiger partial charge in [-0.05, 0) is 6.92 Å². The molecular weight excluding hydrogens is 148 g/mol. The Morgan fingerprint density at radius 2 is 2.00 bits per heavy atom. The Morgan fingerprint density at radius 1 is 1.55 bits per heavy atom. The van der Waals surface area contributed by atoms with Crippen LogP contribution in [-0.2, 0) is 14.3 Å². The van der Waals surface area contributed by atoms with Crippen molar-refractivity contribution < 1.29 is 19.4 Å². The normalized spacial score (nSPS) is 8.00. The molecule has 0 aliphatic rings. The van der Waals surface area contributed by atoms with Crippen molar-refractivity contribution in [1.29, 1.82) is 0 Å². The molecule has 0 aromatic heterocycles. The second kappa shape index (κ2) is 12.1. The van der Waals surface area contributed by atoms with Gasteiger partial charge in [-0.1, -0.05) is 0 Å². The standard InChI is InChI=1S/C4H10O2.C3H6O2/c1-2-6-4-3-5;1-3(4)5-2/h5H,2-4H2,1H3;1-2H3. The van der Waals surface area contributed by atoms with E-state index in [4.69, 9.17) is 9.84 Å². The van der Waals surface area contributed by atoms with Crippen molar-refractivity contribution in [1.82, 2.24) is 0 Å². The quantitative estimate of drug-likeness (QED) is 0.478. The van der Waals surface area contributed by atoms with E-state index in [1.165, 1.54) is 14.0 Å². The first kappa shape index (κ1) is 13.0. The van der Waals surface area contributed by atoms with E-state index in [1.807, 2.05) is 6.92 Å². The van der Waals surface area contributed by atoms with Gasteiger partial charge >= 0.3 is 5.97 Å². The molecule has 0 radical (unpaired) electrons. The molecular formula is C7H16O4. The minimum Gasteiger partial charge on any atom is -0.469 e. The zero-order chi connectivity index (χ0) is 9.11. The number of methoxy groups -OCH3 is 1. The molecule has 0 aromatic rings. The highest BCUT2D eigenvalue weighted by Gasteiger charge is 1.75. The molecule has 0 bridgehead atoms. The summed E-state index contributed by atoms with van der Waals surface area (Å²) in [6, 6.07) is 0. The van der Waals surface area contributed by atoms with Gasteiger partial charge in [0.05, 0.1) is 20.3 Å². The van der Waals surface area contributed by atoms with Crippen molar-refractivity contribution in [2.75, 3.05) is 26.9 Å². The van der Waals surface area contributed by atoms with Crippen LogP contribution in [0, 0.1) is 0 Å². The van der Waals surface area contributed by atoms with Gasteiger partial charge in [-0.15, -0.1) is 0 Å². The van der Waals surface area contributed by atoms with E-state index in [2.05, 4.69) is 4.74 Å². The van der Waals surface area contributed by atoms with Crippen molar-refractivity contribution in [3.8, 4) is 0 Å². The third-order valence-corrected chi connectivity index (χ3v) is 0.727. The Labute approximate surface area is 67.1 Å². The Morgan fingerprint density at radius 3 is 2.09 bits per heavy atom. The van der Waals surface area contributed by atoms with Crippen molar-refractivity contribution in [3.05, 3.63) is 0 Å². The van der Waals surface area contributed by atoms with E-state index < -0.39 is 0 Å². The molecule has 0 fully saturated rings. The SMILES string of the molecule is CCOCCO.COC(C)=O. The third-order valence-electron chi connectivity index (χ3n) is 0.727. The maximum atomic E-state index is 9.59. The largest absolute Gasteiger partial charge is 0.469 e. The van der Waals surface area contributed by atoms with Crippen LogP contribution in [0.3, 0.4) is 0 Å². The number of aliphatic hydroxyl groups excluding tert-OH is 1. The lowest BCUT2D eigenvalue weighted by atomic mass is 10.8. The molecule has 0 heterocycles. The minimum absolute atomic E-state index is 0.133. The molecule has 0 aliphatic heterocycles. The fraction of sp³-hybridized carbons (Fsp3) is 0.857. The van der Waals surface area contributed by atoms with Crippen LogP contribution < -0.4 is 0 Å². The van der Waals surface area contributed by atoms with E-state index in [9.17, 15) is 4.79 Å². The zero-order valence-electron chi connectivity index (χ0n) is 7.29. The van der Waals surface area contributed by atoms with Gasteiger partial charge in [0.2, 0.25) is 0 Å². The lowest BCUT2D eigenvalue weighted by Gasteiger charge is -1.91. The van der Waals surface area contributed by atoms with Crippen LogP contribution in [0.25, 0.3) is 0 Å². The van der Waals surface area contributed by atoms with Gasteiger partial charge in [-0.2, -0.15) is 0 Å². The Kier molecular flexibility index (Phi) is 14.3. The van der Waals surface area contributed by atoms with Crippen molar-refractivity contribution in [2.24, 2.45) is 0 Å². The summed E-state index contributed by atoms with van der Waals surface area (Å²) < 4.78 is 8.84. The fourth-order valence-corrected chi connectivity index (χ4v) is 0.209. The van der Waals surface area contributed by atoms with Gasteiger partial charge in [-0.25, -0.2) is 0 Å². The van der Waals surface area contributed by atoms with Crippen molar-refractivity contribution >= 4 is 5.97 Å². The summed E-state index contributed by atoms with van der Waals surface area (Å²) >= 11 is 0. The number of hydrogen-bond acceptors (Lipinski definition) is 4. The van der Waals surface area contributed by atoms with Gasteiger partial charge in [0.15, 0.2) is 0 Å². The highest BCUT2D eigenvalue weighted by Crippen LogP contribution is 1.66. The van der Waals surface area contributed by atoms with E-state index in [1.54, 1.807) is 0 Å². The predicted octanol–water partition coefficient (Wildman–Crippen LogP) is 0.194. The first-order valence-electron chi connectivity index (χ1n) is 3.42. The van der Waals surface area contributed by atoms with Crippen LogP contribution >= 0.6 is 0 Å². The zero-order valence-corrected chi connectivity index (χ0v) is 7.29. The molecule has 4 heteroatoms. The van der Waals surface area contributed by atoms with Gasteiger partial charge in [-0.3, -0.25) is 4.79 Å². The number of esters is 1. The summed E-state index contributed by atoms with van der Waals surface area (Å²) in [5, 5.41) is 8.07. The molecule has 11 heavy (non-hydrogen) atoms. The Balaban J connectivity index is 0. The molecule has 0 amide bonds. The summed E-state index contributed by atoms with van der Waals surface area (Å²) in [6.45, 7) is 4.56. The first-order chi connectivity index (χ1) is 5.18. The third kappa shape index (κ3) is 26.6. The van der Waals surface area contributed by atoms with E-state index in [0.717, 1.165) is 0 Å². The molecule has 0 aliphatic carbocycles. The molecule has 1 N–H and O–H groups in total.